The Morgan fingerprint density at radius 3 is 2.50 bits per heavy atom. The zero-order chi connectivity index (χ0) is 13.5. The first kappa shape index (κ1) is 11.9. The topological polar surface area (TPSA) is 19.4 Å². The van der Waals surface area contributed by atoms with E-state index in [1.165, 1.54) is 36.4 Å². The number of anilines is 1. The summed E-state index contributed by atoms with van der Waals surface area (Å²) in [6, 6.07) is 13.8. The van der Waals surface area contributed by atoms with Gasteiger partial charge in [0.2, 0.25) is 0 Å². The molecule has 2 saturated heterocycles. The maximum absolute atomic E-state index is 4.18. The zero-order valence-corrected chi connectivity index (χ0v) is 11.7. The molecule has 102 valence electrons. The predicted molar refractivity (Wildman–Crippen MR) is 81.8 cm³/mol. The van der Waals surface area contributed by atoms with E-state index in [9.17, 15) is 0 Å². The largest absolute Gasteiger partial charge is 0.370 e. The summed E-state index contributed by atoms with van der Waals surface area (Å²) in [4.78, 5) is 9.17. The molecule has 4 rings (SSSR count). The van der Waals surface area contributed by atoms with Gasteiger partial charge in [-0.3, -0.25) is 4.98 Å². The summed E-state index contributed by atoms with van der Waals surface area (Å²) in [5, 5.41) is 0. The van der Waals surface area contributed by atoms with Crippen LogP contribution in [0.5, 0.6) is 0 Å². The summed E-state index contributed by atoms with van der Waals surface area (Å²) in [5.74, 6) is 0.873. The van der Waals surface area contributed by atoms with Gasteiger partial charge in [-0.2, -0.15) is 0 Å². The van der Waals surface area contributed by atoms with Gasteiger partial charge in [0.15, 0.2) is 0 Å². The van der Waals surface area contributed by atoms with Gasteiger partial charge < -0.3 is 9.80 Å². The van der Waals surface area contributed by atoms with Crippen LogP contribution in [-0.2, 0) is 0 Å². The standard InChI is InChI=1S/C17H19N3/c1-19-10-15-11-20(12-17(15)19)16-6-4-13(5-7-16)14-3-2-8-18-9-14/h2-9,15,17H,10-12H2,1H3/t15-,17+/m0/s1. The van der Waals surface area contributed by atoms with Gasteiger partial charge >= 0.3 is 0 Å². The Bertz CT molecular complexity index is 593. The number of benzene rings is 1. The number of likely N-dealkylation sites (tertiary alicyclic amines) is 1. The molecule has 1 aromatic heterocycles. The van der Waals surface area contributed by atoms with Crippen molar-refractivity contribution >= 4 is 5.69 Å². The first-order valence-electron chi connectivity index (χ1n) is 7.27. The van der Waals surface area contributed by atoms with Gasteiger partial charge in [-0.15, -0.1) is 0 Å². The van der Waals surface area contributed by atoms with Crippen LogP contribution in [-0.4, -0.2) is 42.6 Å². The number of hydrogen-bond acceptors (Lipinski definition) is 3. The van der Waals surface area contributed by atoms with Gasteiger partial charge in [-0.05, 0) is 36.4 Å². The van der Waals surface area contributed by atoms with Crippen molar-refractivity contribution in [1.29, 1.82) is 0 Å². The third kappa shape index (κ3) is 1.90. The first-order chi connectivity index (χ1) is 9.81. The van der Waals surface area contributed by atoms with E-state index in [0.29, 0.717) is 0 Å². The summed E-state index contributed by atoms with van der Waals surface area (Å²) in [7, 11) is 2.23. The molecule has 2 fully saturated rings. The quantitative estimate of drug-likeness (QED) is 0.831. The first-order valence-corrected chi connectivity index (χ1v) is 7.27. The Hall–Kier alpha value is -1.87. The SMILES string of the molecule is CN1C[C@H]2CN(c3ccc(-c4cccnc4)cc3)C[C@H]21. The van der Waals surface area contributed by atoms with E-state index in [1.807, 2.05) is 18.5 Å². The lowest BCUT2D eigenvalue weighted by molar-refractivity contribution is 0.0827. The van der Waals surface area contributed by atoms with Crippen LogP contribution in [0.2, 0.25) is 0 Å². The number of rotatable bonds is 2. The average Bonchev–Trinajstić information content (AvgIpc) is 2.86. The fourth-order valence-corrected chi connectivity index (χ4v) is 3.51. The lowest BCUT2D eigenvalue weighted by Gasteiger charge is -2.40. The van der Waals surface area contributed by atoms with Crippen molar-refractivity contribution in [3.8, 4) is 11.1 Å². The number of fused-ring (bicyclic) bond motifs is 1. The van der Waals surface area contributed by atoms with Crippen LogP contribution in [0, 0.1) is 5.92 Å². The van der Waals surface area contributed by atoms with Crippen LogP contribution in [0.25, 0.3) is 11.1 Å². The molecule has 3 heterocycles. The van der Waals surface area contributed by atoms with E-state index in [0.717, 1.165) is 12.0 Å². The molecule has 0 spiro atoms. The Labute approximate surface area is 119 Å². The van der Waals surface area contributed by atoms with Crippen molar-refractivity contribution in [2.45, 2.75) is 6.04 Å². The van der Waals surface area contributed by atoms with E-state index in [4.69, 9.17) is 0 Å². The molecule has 3 heteroatoms. The minimum absolute atomic E-state index is 0.771. The van der Waals surface area contributed by atoms with Crippen molar-refractivity contribution in [2.75, 3.05) is 31.6 Å². The van der Waals surface area contributed by atoms with E-state index >= 15 is 0 Å². The summed E-state index contributed by atoms with van der Waals surface area (Å²) >= 11 is 0. The smallest absolute Gasteiger partial charge is 0.0367 e. The molecular weight excluding hydrogens is 246 g/mol. The molecule has 0 bridgehead atoms. The number of hydrogen-bond donors (Lipinski definition) is 0. The molecule has 0 saturated carbocycles. The van der Waals surface area contributed by atoms with Gasteiger partial charge in [-0.25, -0.2) is 0 Å². The highest BCUT2D eigenvalue weighted by molar-refractivity contribution is 5.65. The molecule has 0 unspecified atom stereocenters. The monoisotopic (exact) mass is 265 g/mol. The van der Waals surface area contributed by atoms with Crippen LogP contribution in [0.15, 0.2) is 48.8 Å². The average molecular weight is 265 g/mol. The molecule has 2 atom stereocenters. The van der Waals surface area contributed by atoms with Crippen LogP contribution in [0.4, 0.5) is 5.69 Å². The highest BCUT2D eigenvalue weighted by Gasteiger charge is 2.43. The maximum Gasteiger partial charge on any atom is 0.0367 e. The Balaban J connectivity index is 1.54. The highest BCUT2D eigenvalue weighted by atomic mass is 15.3. The molecule has 3 nitrogen and oxygen atoms in total. The molecule has 0 aliphatic carbocycles. The molecular formula is C17H19N3. The highest BCUT2D eigenvalue weighted by Crippen LogP contribution is 2.34. The molecule has 2 aromatic rings. The minimum Gasteiger partial charge on any atom is -0.370 e. The molecule has 0 radical (unpaired) electrons. The molecule has 0 N–H and O–H groups in total. The van der Waals surface area contributed by atoms with Gasteiger partial charge in [0, 0.05) is 49.7 Å². The second-order valence-corrected chi connectivity index (χ2v) is 5.96. The Kier molecular flexibility index (Phi) is 2.74. The van der Waals surface area contributed by atoms with Crippen molar-refractivity contribution in [1.82, 2.24) is 9.88 Å². The lowest BCUT2D eigenvalue weighted by atomic mass is 9.93. The predicted octanol–water partition coefficient (Wildman–Crippen LogP) is 2.50. The van der Waals surface area contributed by atoms with Crippen molar-refractivity contribution in [3.05, 3.63) is 48.8 Å². The molecule has 2 aliphatic heterocycles. The van der Waals surface area contributed by atoms with Crippen LogP contribution in [0.3, 0.4) is 0 Å². The van der Waals surface area contributed by atoms with Crippen molar-refractivity contribution in [2.24, 2.45) is 5.92 Å². The number of likely N-dealkylation sites (N-methyl/N-ethyl adjacent to an activating group) is 1. The second kappa shape index (κ2) is 4.60. The fraction of sp³-hybridized carbons (Fsp3) is 0.353. The number of nitrogens with zero attached hydrogens (tertiary/aromatic N) is 3. The summed E-state index contributed by atoms with van der Waals surface area (Å²) in [5.41, 5.74) is 3.77. The molecule has 20 heavy (non-hydrogen) atoms. The van der Waals surface area contributed by atoms with Crippen LogP contribution >= 0.6 is 0 Å². The van der Waals surface area contributed by atoms with Crippen LogP contribution in [0.1, 0.15) is 0 Å². The maximum atomic E-state index is 4.18. The second-order valence-electron chi connectivity index (χ2n) is 5.96. The Morgan fingerprint density at radius 1 is 1.00 bits per heavy atom. The van der Waals surface area contributed by atoms with Gasteiger partial charge in [0.1, 0.15) is 0 Å². The number of pyridine rings is 1. The summed E-state index contributed by atoms with van der Waals surface area (Å²) in [6.45, 7) is 3.64. The van der Waals surface area contributed by atoms with E-state index in [-0.39, 0.29) is 0 Å². The molecule has 2 aliphatic rings. The molecule has 1 aromatic carbocycles. The normalized spacial score (nSPS) is 25.4. The third-order valence-corrected chi connectivity index (χ3v) is 4.72. The Morgan fingerprint density at radius 2 is 1.85 bits per heavy atom. The van der Waals surface area contributed by atoms with E-state index in [2.05, 4.69) is 52.2 Å². The van der Waals surface area contributed by atoms with Crippen LogP contribution < -0.4 is 4.90 Å². The fourth-order valence-electron chi connectivity index (χ4n) is 3.51. The zero-order valence-electron chi connectivity index (χ0n) is 11.7. The third-order valence-electron chi connectivity index (χ3n) is 4.72. The number of aromatic nitrogens is 1. The van der Waals surface area contributed by atoms with Gasteiger partial charge in [0.25, 0.3) is 0 Å². The van der Waals surface area contributed by atoms with Crippen molar-refractivity contribution < 1.29 is 0 Å². The summed E-state index contributed by atoms with van der Waals surface area (Å²) in [6.07, 6.45) is 3.73. The summed E-state index contributed by atoms with van der Waals surface area (Å²) < 4.78 is 0. The van der Waals surface area contributed by atoms with Gasteiger partial charge in [0.05, 0.1) is 0 Å². The van der Waals surface area contributed by atoms with Gasteiger partial charge in [-0.1, -0.05) is 18.2 Å². The minimum atomic E-state index is 0.771. The van der Waals surface area contributed by atoms with Crippen molar-refractivity contribution in [3.63, 3.8) is 0 Å². The molecule has 0 amide bonds. The lowest BCUT2D eigenvalue weighted by Crippen LogP contribution is -2.52. The van der Waals surface area contributed by atoms with E-state index in [1.54, 1.807) is 0 Å². The van der Waals surface area contributed by atoms with E-state index < -0.39 is 0 Å².